The molecule has 1 aromatic carbocycles. The number of hydrogen-bond acceptors (Lipinski definition) is 5. The number of aryl methyl sites for hydroxylation is 1. The molecule has 0 aliphatic heterocycles. The standard InChI is InChI=1S/C21H30N4O2S.HI/c1-6-8-17-11-16(12-18(26-4)20(17)27-5)14-25-21(22-7-2)23-10-9-19-24-13-15(3)28-19;/h6,11-13H,1,7-10,14H2,2-5H3,(H2,22,23,25);1H. The zero-order valence-electron chi connectivity index (χ0n) is 17.6. The predicted octanol–water partition coefficient (Wildman–Crippen LogP) is 4.11. The molecular weight excluding hydrogens is 499 g/mol. The maximum Gasteiger partial charge on any atom is 0.191 e. The van der Waals surface area contributed by atoms with Crippen LogP contribution in [0, 0.1) is 6.92 Å². The van der Waals surface area contributed by atoms with E-state index in [0.29, 0.717) is 18.7 Å². The molecule has 0 saturated carbocycles. The van der Waals surface area contributed by atoms with Gasteiger partial charge in [0.15, 0.2) is 17.5 Å². The topological polar surface area (TPSA) is 67.8 Å². The third-order valence-corrected chi connectivity index (χ3v) is 5.02. The molecule has 29 heavy (non-hydrogen) atoms. The van der Waals surface area contributed by atoms with Gasteiger partial charge in [-0.3, -0.25) is 0 Å². The quantitative estimate of drug-likeness (QED) is 0.210. The zero-order chi connectivity index (χ0) is 20.4. The summed E-state index contributed by atoms with van der Waals surface area (Å²) >= 11 is 1.73. The third kappa shape index (κ3) is 7.85. The Bertz CT molecular complexity index is 808. The summed E-state index contributed by atoms with van der Waals surface area (Å²) in [7, 11) is 3.30. The first-order chi connectivity index (χ1) is 13.6. The van der Waals surface area contributed by atoms with Gasteiger partial charge in [0, 0.05) is 36.1 Å². The van der Waals surface area contributed by atoms with Crippen molar-refractivity contribution in [3.8, 4) is 11.5 Å². The smallest absolute Gasteiger partial charge is 0.191 e. The molecule has 0 aliphatic carbocycles. The maximum atomic E-state index is 5.50. The molecule has 0 radical (unpaired) electrons. The Kier molecular flexibility index (Phi) is 11.7. The van der Waals surface area contributed by atoms with Gasteiger partial charge < -0.3 is 20.1 Å². The van der Waals surface area contributed by atoms with Crippen molar-refractivity contribution in [3.05, 3.63) is 52.0 Å². The number of hydrogen-bond donors (Lipinski definition) is 2. The van der Waals surface area contributed by atoms with E-state index in [1.54, 1.807) is 25.6 Å². The molecule has 2 aromatic rings. The molecule has 2 rings (SSSR count). The maximum absolute atomic E-state index is 5.50. The van der Waals surface area contributed by atoms with Crippen LogP contribution in [0.15, 0.2) is 36.0 Å². The van der Waals surface area contributed by atoms with E-state index in [1.807, 2.05) is 18.3 Å². The summed E-state index contributed by atoms with van der Waals surface area (Å²) in [4.78, 5) is 10.3. The molecule has 6 nitrogen and oxygen atoms in total. The Morgan fingerprint density at radius 1 is 1.28 bits per heavy atom. The second-order valence-electron chi connectivity index (χ2n) is 6.22. The van der Waals surface area contributed by atoms with Crippen molar-refractivity contribution in [1.82, 2.24) is 15.6 Å². The van der Waals surface area contributed by atoms with E-state index in [2.05, 4.69) is 42.1 Å². The fourth-order valence-electron chi connectivity index (χ4n) is 2.82. The molecule has 0 fully saturated rings. The van der Waals surface area contributed by atoms with Gasteiger partial charge in [-0.05, 0) is 38.0 Å². The minimum Gasteiger partial charge on any atom is -0.493 e. The molecule has 0 aliphatic rings. The lowest BCUT2D eigenvalue weighted by atomic mass is 10.1. The van der Waals surface area contributed by atoms with E-state index in [4.69, 9.17) is 14.5 Å². The number of rotatable bonds is 10. The molecule has 160 valence electrons. The van der Waals surface area contributed by atoms with Crippen LogP contribution < -0.4 is 20.1 Å². The number of nitrogens with one attached hydrogen (secondary N) is 2. The minimum absolute atomic E-state index is 0. The normalized spacial score (nSPS) is 10.8. The summed E-state index contributed by atoms with van der Waals surface area (Å²) in [5.41, 5.74) is 2.10. The number of allylic oxidation sites excluding steroid dienone is 1. The Labute approximate surface area is 194 Å². The van der Waals surface area contributed by atoms with Gasteiger partial charge in [0.2, 0.25) is 0 Å². The van der Waals surface area contributed by atoms with Crippen LogP contribution in [0.3, 0.4) is 0 Å². The fourth-order valence-corrected chi connectivity index (χ4v) is 3.61. The van der Waals surface area contributed by atoms with Crippen LogP contribution in [0.25, 0.3) is 0 Å². The Morgan fingerprint density at radius 3 is 2.66 bits per heavy atom. The lowest BCUT2D eigenvalue weighted by molar-refractivity contribution is 0.352. The number of halogens is 1. The van der Waals surface area contributed by atoms with Gasteiger partial charge in [-0.15, -0.1) is 41.9 Å². The van der Waals surface area contributed by atoms with Crippen LogP contribution in [0.2, 0.25) is 0 Å². The number of benzene rings is 1. The summed E-state index contributed by atoms with van der Waals surface area (Å²) < 4.78 is 11.0. The summed E-state index contributed by atoms with van der Waals surface area (Å²) in [6.07, 6.45) is 5.36. The molecule has 0 unspecified atom stereocenters. The van der Waals surface area contributed by atoms with Crippen molar-refractivity contribution in [2.75, 3.05) is 27.3 Å². The molecule has 2 N–H and O–H groups in total. The molecule has 0 amide bonds. The average Bonchev–Trinajstić information content (AvgIpc) is 3.11. The number of methoxy groups -OCH3 is 2. The van der Waals surface area contributed by atoms with Gasteiger partial charge in [0.05, 0.1) is 25.8 Å². The molecule has 1 aromatic heterocycles. The Morgan fingerprint density at radius 2 is 2.07 bits per heavy atom. The van der Waals surface area contributed by atoms with E-state index in [-0.39, 0.29) is 24.0 Å². The van der Waals surface area contributed by atoms with Crippen molar-refractivity contribution in [3.63, 3.8) is 0 Å². The molecule has 1 heterocycles. The van der Waals surface area contributed by atoms with Crippen molar-refractivity contribution < 1.29 is 9.47 Å². The van der Waals surface area contributed by atoms with E-state index in [9.17, 15) is 0 Å². The van der Waals surface area contributed by atoms with E-state index in [0.717, 1.165) is 47.4 Å². The zero-order valence-corrected chi connectivity index (χ0v) is 20.7. The summed E-state index contributed by atoms with van der Waals surface area (Å²) in [5.74, 6) is 2.25. The van der Waals surface area contributed by atoms with Crippen molar-refractivity contribution >= 4 is 41.3 Å². The van der Waals surface area contributed by atoms with Crippen LogP contribution in [0.4, 0.5) is 0 Å². The average molecular weight is 530 g/mol. The van der Waals surface area contributed by atoms with E-state index in [1.165, 1.54) is 4.88 Å². The first-order valence-electron chi connectivity index (χ1n) is 9.39. The molecule has 0 atom stereocenters. The number of thiazole rings is 1. The molecule has 8 heteroatoms. The van der Waals surface area contributed by atoms with Crippen LogP contribution >= 0.6 is 35.3 Å². The predicted molar refractivity (Wildman–Crippen MR) is 132 cm³/mol. The molecule has 0 spiro atoms. The van der Waals surface area contributed by atoms with Crippen molar-refractivity contribution in [2.24, 2.45) is 4.99 Å². The summed E-state index contributed by atoms with van der Waals surface area (Å²) in [5, 5.41) is 7.79. The van der Waals surface area contributed by atoms with Crippen molar-refractivity contribution in [2.45, 2.75) is 33.2 Å². The number of aromatic nitrogens is 1. The SMILES string of the molecule is C=CCc1cc(CN=C(NCC)NCCc2ncc(C)s2)cc(OC)c1OC.I. The van der Waals surface area contributed by atoms with Gasteiger partial charge in [-0.1, -0.05) is 6.08 Å². The van der Waals surface area contributed by atoms with Crippen molar-refractivity contribution in [1.29, 1.82) is 0 Å². The van der Waals surface area contributed by atoms with E-state index < -0.39 is 0 Å². The number of guanidine groups is 1. The highest BCUT2D eigenvalue weighted by Crippen LogP contribution is 2.33. The second-order valence-corrected chi connectivity index (χ2v) is 7.54. The van der Waals surface area contributed by atoms with Gasteiger partial charge in [0.1, 0.15) is 0 Å². The monoisotopic (exact) mass is 530 g/mol. The number of nitrogens with zero attached hydrogens (tertiary/aromatic N) is 2. The first kappa shape index (κ1) is 25.2. The van der Waals surface area contributed by atoms with Gasteiger partial charge >= 0.3 is 0 Å². The second kappa shape index (κ2) is 13.4. The van der Waals surface area contributed by atoms with Crippen LogP contribution in [0.1, 0.15) is 27.9 Å². The molecule has 0 bridgehead atoms. The van der Waals surface area contributed by atoms with Gasteiger partial charge in [0.25, 0.3) is 0 Å². The number of ether oxygens (including phenoxy) is 2. The fraction of sp³-hybridized carbons (Fsp3) is 0.429. The Hall–Kier alpha value is -1.81. The minimum atomic E-state index is 0. The molecular formula is C21H31IN4O2S. The summed E-state index contributed by atoms with van der Waals surface area (Å²) in [6.45, 7) is 10.1. The van der Waals surface area contributed by atoms with Crippen LogP contribution in [-0.4, -0.2) is 38.3 Å². The molecule has 0 saturated heterocycles. The highest BCUT2D eigenvalue weighted by molar-refractivity contribution is 14.0. The number of aliphatic imine (C=N–C) groups is 1. The third-order valence-electron chi connectivity index (χ3n) is 4.04. The largest absolute Gasteiger partial charge is 0.493 e. The highest BCUT2D eigenvalue weighted by atomic mass is 127. The van der Waals surface area contributed by atoms with Crippen LogP contribution in [0.5, 0.6) is 11.5 Å². The lowest BCUT2D eigenvalue weighted by Gasteiger charge is -2.14. The lowest BCUT2D eigenvalue weighted by Crippen LogP contribution is -2.38. The summed E-state index contributed by atoms with van der Waals surface area (Å²) in [6, 6.07) is 4.06. The first-order valence-corrected chi connectivity index (χ1v) is 10.2. The van der Waals surface area contributed by atoms with E-state index >= 15 is 0 Å². The Balaban J connectivity index is 0.00000420. The highest BCUT2D eigenvalue weighted by Gasteiger charge is 2.11. The van der Waals surface area contributed by atoms with Crippen LogP contribution in [-0.2, 0) is 19.4 Å². The van der Waals surface area contributed by atoms with Gasteiger partial charge in [-0.25, -0.2) is 9.98 Å². The van der Waals surface area contributed by atoms with Gasteiger partial charge in [-0.2, -0.15) is 0 Å².